The Labute approximate surface area is 115 Å². The average molecular weight is 269 g/mol. The Morgan fingerprint density at radius 1 is 1.22 bits per heavy atom. The number of aryl methyl sites for hydroxylation is 1. The van der Waals surface area contributed by atoms with Crippen molar-refractivity contribution in [3.63, 3.8) is 0 Å². The van der Waals surface area contributed by atoms with Crippen molar-refractivity contribution >= 4 is 17.3 Å². The van der Waals surface area contributed by atoms with E-state index >= 15 is 0 Å². The first-order valence-electron chi connectivity index (χ1n) is 6.22. The zero-order valence-corrected chi connectivity index (χ0v) is 12.3. The van der Waals surface area contributed by atoms with E-state index in [1.54, 1.807) is 0 Å². The number of rotatable bonds is 7. The quantitative estimate of drug-likeness (QED) is 0.604. The molecule has 1 rings (SSSR count). The van der Waals surface area contributed by atoms with Gasteiger partial charge >= 0.3 is 0 Å². The van der Waals surface area contributed by atoms with E-state index in [0.717, 1.165) is 43.9 Å². The molecule has 0 radical (unpaired) electrons. The predicted octanol–water partition coefficient (Wildman–Crippen LogP) is 1.84. The lowest BCUT2D eigenvalue weighted by molar-refractivity contribution is 0.340. The van der Waals surface area contributed by atoms with Crippen LogP contribution < -0.4 is 5.73 Å². The third-order valence-electron chi connectivity index (χ3n) is 2.73. The van der Waals surface area contributed by atoms with Gasteiger partial charge in [0.25, 0.3) is 0 Å². The smallest absolute Gasteiger partial charge is 0.166 e. The Hall–Kier alpha value is -1.07. The van der Waals surface area contributed by atoms with Crippen LogP contribution in [-0.2, 0) is 13.0 Å². The Morgan fingerprint density at radius 2 is 1.89 bits per heavy atom. The lowest BCUT2D eigenvalue weighted by Gasteiger charge is -2.15. The van der Waals surface area contributed by atoms with Crippen LogP contribution in [-0.4, -0.2) is 42.6 Å². The van der Waals surface area contributed by atoms with E-state index in [9.17, 15) is 0 Å². The monoisotopic (exact) mass is 269 g/mol. The summed E-state index contributed by atoms with van der Waals surface area (Å²) in [4.78, 5) is 3.99. The van der Waals surface area contributed by atoms with Crippen LogP contribution in [0.4, 0.5) is 0 Å². The Balaban J connectivity index is 2.23. The lowest BCUT2D eigenvalue weighted by atomic mass is 10.2. The predicted molar refractivity (Wildman–Crippen MR) is 78.5 cm³/mol. The minimum Gasteiger partial charge on any atom is -0.465 e. The van der Waals surface area contributed by atoms with Crippen LogP contribution in [0.25, 0.3) is 0 Å². The van der Waals surface area contributed by atoms with Crippen LogP contribution in [0.5, 0.6) is 0 Å². The van der Waals surface area contributed by atoms with E-state index in [2.05, 4.69) is 17.0 Å². The average Bonchev–Trinajstić information content (AvgIpc) is 2.70. The molecule has 1 aromatic rings. The number of nitrogens with zero attached hydrogens (tertiary/aromatic N) is 2. The zero-order chi connectivity index (χ0) is 13.5. The van der Waals surface area contributed by atoms with Crippen molar-refractivity contribution < 1.29 is 4.42 Å². The fraction of sp³-hybridized carbons (Fsp3) is 0.615. The SMILES string of the molecule is CN(C)Cc1ccc(CCCCN(C)C(N)=S)o1. The van der Waals surface area contributed by atoms with Gasteiger partial charge in [0.2, 0.25) is 0 Å². The van der Waals surface area contributed by atoms with Gasteiger partial charge in [-0.05, 0) is 51.3 Å². The molecule has 0 saturated carbocycles. The van der Waals surface area contributed by atoms with E-state index in [0.29, 0.717) is 5.11 Å². The van der Waals surface area contributed by atoms with Crippen molar-refractivity contribution in [3.05, 3.63) is 23.7 Å². The van der Waals surface area contributed by atoms with Gasteiger partial charge in [0.05, 0.1) is 6.54 Å². The molecule has 1 aromatic heterocycles. The molecule has 1 heterocycles. The highest BCUT2D eigenvalue weighted by Crippen LogP contribution is 2.12. The standard InChI is InChI=1S/C13H23N3OS/c1-15(2)10-12-8-7-11(17-12)6-4-5-9-16(3)13(14)18/h7-8H,4-6,9-10H2,1-3H3,(H2,14,18). The summed E-state index contributed by atoms with van der Waals surface area (Å²) >= 11 is 4.89. The molecule has 4 nitrogen and oxygen atoms in total. The molecule has 102 valence electrons. The summed E-state index contributed by atoms with van der Waals surface area (Å²) < 4.78 is 5.74. The highest BCUT2D eigenvalue weighted by atomic mass is 32.1. The van der Waals surface area contributed by atoms with Gasteiger partial charge in [-0.25, -0.2) is 0 Å². The molecular weight excluding hydrogens is 246 g/mol. The van der Waals surface area contributed by atoms with Gasteiger partial charge in [0.1, 0.15) is 11.5 Å². The van der Waals surface area contributed by atoms with E-state index in [1.807, 2.05) is 26.0 Å². The van der Waals surface area contributed by atoms with Gasteiger partial charge in [0.15, 0.2) is 5.11 Å². The number of nitrogens with two attached hydrogens (primary N) is 1. The summed E-state index contributed by atoms with van der Waals surface area (Å²) in [6, 6.07) is 4.12. The summed E-state index contributed by atoms with van der Waals surface area (Å²) in [6.45, 7) is 1.75. The first kappa shape index (κ1) is 15.0. The number of unbranched alkanes of at least 4 members (excludes halogenated alkanes) is 1. The Bertz CT molecular complexity index is 376. The van der Waals surface area contributed by atoms with Crippen molar-refractivity contribution in [2.45, 2.75) is 25.8 Å². The lowest BCUT2D eigenvalue weighted by Crippen LogP contribution is -2.32. The molecular formula is C13H23N3OS. The molecule has 0 amide bonds. The number of hydrogen-bond donors (Lipinski definition) is 1. The van der Waals surface area contributed by atoms with Crippen LogP contribution in [0.3, 0.4) is 0 Å². The maximum Gasteiger partial charge on any atom is 0.166 e. The highest BCUT2D eigenvalue weighted by molar-refractivity contribution is 7.80. The van der Waals surface area contributed by atoms with E-state index in [4.69, 9.17) is 22.4 Å². The number of thiocarbonyl (C=S) groups is 1. The Morgan fingerprint density at radius 3 is 2.50 bits per heavy atom. The molecule has 0 aliphatic carbocycles. The van der Waals surface area contributed by atoms with Crippen LogP contribution >= 0.6 is 12.2 Å². The molecule has 18 heavy (non-hydrogen) atoms. The van der Waals surface area contributed by atoms with Gasteiger partial charge < -0.3 is 20.0 Å². The summed E-state index contributed by atoms with van der Waals surface area (Å²) in [5.74, 6) is 2.08. The molecule has 0 aliphatic heterocycles. The fourth-order valence-corrected chi connectivity index (χ4v) is 1.80. The summed E-state index contributed by atoms with van der Waals surface area (Å²) in [7, 11) is 5.99. The number of furan rings is 1. The summed E-state index contributed by atoms with van der Waals surface area (Å²) in [5, 5.41) is 0.460. The summed E-state index contributed by atoms with van der Waals surface area (Å²) in [6.07, 6.45) is 3.12. The third-order valence-corrected chi connectivity index (χ3v) is 3.04. The highest BCUT2D eigenvalue weighted by Gasteiger charge is 2.04. The largest absolute Gasteiger partial charge is 0.465 e. The second kappa shape index (κ2) is 7.38. The molecule has 0 unspecified atom stereocenters. The van der Waals surface area contributed by atoms with Crippen molar-refractivity contribution in [1.82, 2.24) is 9.80 Å². The topological polar surface area (TPSA) is 45.6 Å². The van der Waals surface area contributed by atoms with Crippen molar-refractivity contribution in [1.29, 1.82) is 0 Å². The maximum absolute atomic E-state index is 5.74. The first-order valence-corrected chi connectivity index (χ1v) is 6.62. The molecule has 0 saturated heterocycles. The first-order chi connectivity index (χ1) is 8.49. The van der Waals surface area contributed by atoms with Crippen molar-refractivity contribution in [2.75, 3.05) is 27.7 Å². The van der Waals surface area contributed by atoms with Crippen molar-refractivity contribution in [3.8, 4) is 0 Å². The van der Waals surface area contributed by atoms with Gasteiger partial charge in [-0.1, -0.05) is 0 Å². The van der Waals surface area contributed by atoms with Gasteiger partial charge in [-0.15, -0.1) is 0 Å². The van der Waals surface area contributed by atoms with E-state index < -0.39 is 0 Å². The third kappa shape index (κ3) is 5.51. The zero-order valence-electron chi connectivity index (χ0n) is 11.5. The summed E-state index contributed by atoms with van der Waals surface area (Å²) in [5.41, 5.74) is 5.51. The molecule has 5 heteroatoms. The second-order valence-corrected chi connectivity index (χ2v) is 5.24. The van der Waals surface area contributed by atoms with Crippen LogP contribution in [0.2, 0.25) is 0 Å². The molecule has 0 fully saturated rings. The maximum atomic E-state index is 5.74. The van der Waals surface area contributed by atoms with Gasteiger partial charge in [-0.3, -0.25) is 0 Å². The van der Waals surface area contributed by atoms with Gasteiger partial charge in [0, 0.05) is 20.0 Å². The molecule has 0 spiro atoms. The molecule has 0 aliphatic rings. The minimum absolute atomic E-state index is 0.460. The van der Waals surface area contributed by atoms with Crippen LogP contribution in [0, 0.1) is 0 Å². The van der Waals surface area contributed by atoms with E-state index in [-0.39, 0.29) is 0 Å². The van der Waals surface area contributed by atoms with Crippen LogP contribution in [0.1, 0.15) is 24.4 Å². The fourth-order valence-electron chi connectivity index (χ4n) is 1.71. The molecule has 0 bridgehead atoms. The normalized spacial score (nSPS) is 10.9. The molecule has 0 atom stereocenters. The van der Waals surface area contributed by atoms with Crippen molar-refractivity contribution in [2.24, 2.45) is 5.73 Å². The second-order valence-electron chi connectivity index (χ2n) is 4.82. The van der Waals surface area contributed by atoms with Crippen LogP contribution in [0.15, 0.2) is 16.5 Å². The number of hydrogen-bond acceptors (Lipinski definition) is 3. The van der Waals surface area contributed by atoms with E-state index in [1.165, 1.54) is 0 Å². The Kier molecular flexibility index (Phi) is 6.15. The molecule has 0 aromatic carbocycles. The molecule has 2 N–H and O–H groups in total. The minimum atomic E-state index is 0.460. The van der Waals surface area contributed by atoms with Gasteiger partial charge in [-0.2, -0.15) is 0 Å².